The smallest absolute Gasteiger partial charge is 0.267 e. The zero-order chi connectivity index (χ0) is 19.6. The Balaban J connectivity index is 2.15. The molecular formula is C20H19ClN2O4. The molecule has 140 valence electrons. The molecule has 2 N–H and O–H groups in total. The van der Waals surface area contributed by atoms with Crippen LogP contribution in [0.25, 0.3) is 10.9 Å². The van der Waals surface area contributed by atoms with Crippen LogP contribution in [0.3, 0.4) is 0 Å². The van der Waals surface area contributed by atoms with Crippen molar-refractivity contribution < 1.29 is 14.6 Å². The fourth-order valence-electron chi connectivity index (χ4n) is 3.00. The highest BCUT2D eigenvalue weighted by Crippen LogP contribution is 2.30. The largest absolute Gasteiger partial charge is 0.506 e. The van der Waals surface area contributed by atoms with Crippen molar-refractivity contribution in [1.29, 1.82) is 0 Å². The minimum Gasteiger partial charge on any atom is -0.506 e. The van der Waals surface area contributed by atoms with E-state index in [1.165, 1.54) is 17.7 Å². The number of methoxy groups -OCH3 is 1. The average Bonchev–Trinajstić information content (AvgIpc) is 2.65. The second kappa shape index (κ2) is 7.72. The topological polar surface area (TPSA) is 80.6 Å². The lowest BCUT2D eigenvalue weighted by Crippen LogP contribution is -2.30. The monoisotopic (exact) mass is 386 g/mol. The fourth-order valence-corrected chi connectivity index (χ4v) is 3.17. The summed E-state index contributed by atoms with van der Waals surface area (Å²) in [6.45, 7) is 2.37. The number of amides is 1. The number of halogens is 1. The zero-order valence-electron chi connectivity index (χ0n) is 15.0. The molecule has 0 bridgehead atoms. The predicted molar refractivity (Wildman–Crippen MR) is 106 cm³/mol. The van der Waals surface area contributed by atoms with Gasteiger partial charge in [-0.2, -0.15) is 0 Å². The number of hydrogen-bond acceptors (Lipinski definition) is 4. The molecule has 0 aliphatic carbocycles. The van der Waals surface area contributed by atoms with E-state index in [1.807, 2.05) is 6.92 Å². The highest BCUT2D eigenvalue weighted by molar-refractivity contribution is 6.31. The van der Waals surface area contributed by atoms with E-state index in [4.69, 9.17) is 16.3 Å². The number of rotatable bonds is 5. The fraction of sp³-hybridized carbons (Fsp3) is 0.200. The molecule has 1 amide bonds. The summed E-state index contributed by atoms with van der Waals surface area (Å²) in [5.41, 5.74) is 0.0264. The maximum Gasteiger partial charge on any atom is 0.267 e. The highest BCUT2D eigenvalue weighted by atomic mass is 35.5. The van der Waals surface area contributed by atoms with Crippen molar-refractivity contribution >= 4 is 34.1 Å². The number of hydrogen-bond donors (Lipinski definition) is 2. The van der Waals surface area contributed by atoms with Crippen LogP contribution in [-0.4, -0.2) is 22.7 Å². The molecule has 3 rings (SSSR count). The number of nitrogens with one attached hydrogen (secondary N) is 1. The summed E-state index contributed by atoms with van der Waals surface area (Å²) in [5.74, 6) is -0.683. The van der Waals surface area contributed by atoms with Crippen molar-refractivity contribution in [3.63, 3.8) is 0 Å². The Labute approximate surface area is 161 Å². The lowest BCUT2D eigenvalue weighted by molar-refractivity contribution is 0.102. The molecule has 6 nitrogen and oxygen atoms in total. The second-order valence-electron chi connectivity index (χ2n) is 6.00. The summed E-state index contributed by atoms with van der Waals surface area (Å²) in [4.78, 5) is 25.8. The Morgan fingerprint density at radius 1 is 1.26 bits per heavy atom. The van der Waals surface area contributed by atoms with Crippen molar-refractivity contribution in [2.45, 2.75) is 19.9 Å². The van der Waals surface area contributed by atoms with E-state index in [-0.39, 0.29) is 11.3 Å². The maximum atomic E-state index is 12.9. The summed E-state index contributed by atoms with van der Waals surface area (Å²) in [6, 6.07) is 11.7. The first-order valence-corrected chi connectivity index (χ1v) is 8.85. The van der Waals surface area contributed by atoms with Crippen molar-refractivity contribution in [2.24, 2.45) is 0 Å². The van der Waals surface area contributed by atoms with Crippen molar-refractivity contribution in [2.75, 3.05) is 12.4 Å². The van der Waals surface area contributed by atoms with Crippen LogP contribution in [0.15, 0.2) is 47.3 Å². The molecule has 2 aromatic carbocycles. The van der Waals surface area contributed by atoms with E-state index in [9.17, 15) is 14.7 Å². The lowest BCUT2D eigenvalue weighted by atomic mass is 10.1. The molecule has 3 aromatic rings. The van der Waals surface area contributed by atoms with Gasteiger partial charge in [0.05, 0.1) is 18.3 Å². The molecule has 0 atom stereocenters. The van der Waals surface area contributed by atoms with Crippen LogP contribution in [-0.2, 0) is 6.54 Å². The molecule has 7 heteroatoms. The number of aromatic hydroxyl groups is 1. The van der Waals surface area contributed by atoms with E-state index >= 15 is 0 Å². The number of para-hydroxylation sites is 1. The van der Waals surface area contributed by atoms with E-state index in [2.05, 4.69) is 5.32 Å². The molecule has 0 aliphatic heterocycles. The molecule has 0 spiro atoms. The summed E-state index contributed by atoms with van der Waals surface area (Å²) in [5, 5.41) is 14.1. The lowest BCUT2D eigenvalue weighted by Gasteiger charge is -2.15. The van der Waals surface area contributed by atoms with Gasteiger partial charge in [0.1, 0.15) is 17.1 Å². The average molecular weight is 387 g/mol. The normalized spacial score (nSPS) is 10.8. The molecule has 0 unspecified atom stereocenters. The van der Waals surface area contributed by atoms with Crippen molar-refractivity contribution in [1.82, 2.24) is 4.57 Å². The van der Waals surface area contributed by atoms with Gasteiger partial charge in [0.2, 0.25) is 0 Å². The summed E-state index contributed by atoms with van der Waals surface area (Å²) < 4.78 is 6.71. The first-order valence-electron chi connectivity index (χ1n) is 8.47. The van der Waals surface area contributed by atoms with E-state index in [0.29, 0.717) is 40.3 Å². The van der Waals surface area contributed by atoms with Crippen LogP contribution < -0.4 is 15.6 Å². The number of anilines is 1. The molecule has 1 aromatic heterocycles. The SMILES string of the molecule is CCCn1c(=O)c(C(=O)Nc2cc(Cl)ccc2OC)c(O)c2ccccc21. The quantitative estimate of drug-likeness (QED) is 0.693. The number of nitrogens with zero attached hydrogens (tertiary/aromatic N) is 1. The molecule has 0 radical (unpaired) electrons. The Kier molecular flexibility index (Phi) is 5.37. The number of aryl methyl sites for hydroxylation is 1. The molecular weight excluding hydrogens is 368 g/mol. The minimum atomic E-state index is -0.728. The number of aromatic nitrogens is 1. The van der Waals surface area contributed by atoms with E-state index in [1.54, 1.807) is 36.4 Å². The first kappa shape index (κ1) is 18.8. The van der Waals surface area contributed by atoms with Crippen LogP contribution >= 0.6 is 11.6 Å². The number of pyridine rings is 1. The molecule has 0 aliphatic rings. The molecule has 0 saturated heterocycles. The van der Waals surface area contributed by atoms with Gasteiger partial charge in [0.25, 0.3) is 11.5 Å². The predicted octanol–water partition coefficient (Wildman–Crippen LogP) is 4.03. The van der Waals surface area contributed by atoms with Crippen LogP contribution in [0, 0.1) is 0 Å². The molecule has 0 saturated carbocycles. The third kappa shape index (κ3) is 3.48. The summed E-state index contributed by atoms with van der Waals surface area (Å²) >= 11 is 5.99. The second-order valence-corrected chi connectivity index (χ2v) is 6.43. The Morgan fingerprint density at radius 2 is 2.00 bits per heavy atom. The zero-order valence-corrected chi connectivity index (χ0v) is 15.7. The van der Waals surface area contributed by atoms with Crippen molar-refractivity contribution in [3.05, 3.63) is 63.4 Å². The number of benzene rings is 2. The molecule has 1 heterocycles. The Morgan fingerprint density at radius 3 is 2.70 bits per heavy atom. The first-order chi connectivity index (χ1) is 13.0. The maximum absolute atomic E-state index is 12.9. The number of carbonyl (C=O) groups excluding carboxylic acids is 1. The number of ether oxygens (including phenoxy) is 1. The van der Waals surface area contributed by atoms with E-state index < -0.39 is 11.5 Å². The van der Waals surface area contributed by atoms with Gasteiger partial charge in [-0.15, -0.1) is 0 Å². The Bertz CT molecular complexity index is 1080. The van der Waals surface area contributed by atoms with Gasteiger partial charge in [-0.1, -0.05) is 30.7 Å². The van der Waals surface area contributed by atoms with Crippen LogP contribution in [0.5, 0.6) is 11.5 Å². The summed E-state index contributed by atoms with van der Waals surface area (Å²) in [7, 11) is 1.46. The number of fused-ring (bicyclic) bond motifs is 1. The molecule has 0 fully saturated rings. The van der Waals surface area contributed by atoms with E-state index in [0.717, 1.165) is 0 Å². The van der Waals surface area contributed by atoms with Gasteiger partial charge in [0.15, 0.2) is 0 Å². The summed E-state index contributed by atoms with van der Waals surface area (Å²) in [6.07, 6.45) is 0.706. The van der Waals surface area contributed by atoms with Gasteiger partial charge in [0, 0.05) is 17.0 Å². The van der Waals surface area contributed by atoms with Gasteiger partial charge in [-0.3, -0.25) is 9.59 Å². The van der Waals surface area contributed by atoms with Crippen molar-refractivity contribution in [3.8, 4) is 11.5 Å². The highest BCUT2D eigenvalue weighted by Gasteiger charge is 2.23. The standard InChI is InChI=1S/C20H19ClN2O4/c1-3-10-23-15-7-5-4-6-13(15)18(24)17(20(23)26)19(25)22-14-11-12(21)8-9-16(14)27-2/h4-9,11,24H,3,10H2,1-2H3,(H,22,25). The van der Waals surface area contributed by atoms with Gasteiger partial charge >= 0.3 is 0 Å². The van der Waals surface area contributed by atoms with Crippen LogP contribution in [0.2, 0.25) is 5.02 Å². The van der Waals surface area contributed by atoms with Gasteiger partial charge in [-0.05, 0) is 36.8 Å². The third-order valence-corrected chi connectivity index (χ3v) is 4.46. The minimum absolute atomic E-state index is 0.309. The molecule has 27 heavy (non-hydrogen) atoms. The Hall–Kier alpha value is -2.99. The van der Waals surface area contributed by atoms with Gasteiger partial charge in [-0.25, -0.2) is 0 Å². The van der Waals surface area contributed by atoms with Crippen LogP contribution in [0.1, 0.15) is 23.7 Å². The van der Waals surface area contributed by atoms with Crippen LogP contribution in [0.4, 0.5) is 5.69 Å². The number of carbonyl (C=O) groups is 1. The third-order valence-electron chi connectivity index (χ3n) is 4.23. The van der Waals surface area contributed by atoms with Gasteiger partial charge < -0.3 is 19.7 Å².